The summed E-state index contributed by atoms with van der Waals surface area (Å²) in [5.74, 6) is -0.270. The Morgan fingerprint density at radius 3 is 2.19 bits per heavy atom. The molecule has 1 unspecified atom stereocenters. The average molecular weight is 592 g/mol. The topological polar surface area (TPSA) is 52.2 Å². The van der Waals surface area contributed by atoms with Crippen LogP contribution in [0.15, 0.2) is 100 Å². The fraction of sp³-hybridized carbons (Fsp3) is 0.0312. The standard InChI is InChI=1S/C32H18NO3Te/c34-30-20-10-3-6-15-28(20)37-29-17-22-27(16-23(29)30)36-32-21(31(22)35)11-7-14-26(32)33-24-12-4-1-8-18(24)19-9-2-5-13-25(19)33/h1-17,23H. The van der Waals surface area contributed by atoms with Crippen LogP contribution >= 0.6 is 0 Å². The molecule has 0 N–H and O–H groups in total. The zero-order chi connectivity index (χ0) is 24.7. The van der Waals surface area contributed by atoms with Gasteiger partial charge in [0.1, 0.15) is 0 Å². The van der Waals surface area contributed by atoms with Gasteiger partial charge in [-0.25, -0.2) is 0 Å². The van der Waals surface area contributed by atoms with Gasteiger partial charge < -0.3 is 0 Å². The van der Waals surface area contributed by atoms with E-state index in [1.807, 2.05) is 78.9 Å². The van der Waals surface area contributed by atoms with Crippen LogP contribution in [-0.2, 0) is 0 Å². The van der Waals surface area contributed by atoms with Gasteiger partial charge in [0.15, 0.2) is 0 Å². The van der Waals surface area contributed by atoms with Gasteiger partial charge in [-0.1, -0.05) is 0 Å². The van der Waals surface area contributed by atoms with Crippen molar-refractivity contribution < 1.29 is 9.21 Å². The molecule has 8 rings (SSSR count). The third-order valence-corrected chi connectivity index (χ3v) is 10.7. The van der Waals surface area contributed by atoms with Crippen LogP contribution in [-0.4, -0.2) is 34.4 Å². The zero-order valence-electron chi connectivity index (χ0n) is 19.5. The molecule has 0 spiro atoms. The van der Waals surface area contributed by atoms with E-state index >= 15 is 0 Å². The summed E-state index contributed by atoms with van der Waals surface area (Å²) >= 11 is -0.744. The first-order valence-corrected chi connectivity index (χ1v) is 14.5. The van der Waals surface area contributed by atoms with Crippen LogP contribution in [0.5, 0.6) is 0 Å². The van der Waals surface area contributed by atoms with Gasteiger partial charge in [-0.2, -0.15) is 0 Å². The zero-order valence-corrected chi connectivity index (χ0v) is 21.8. The number of hydrogen-bond acceptors (Lipinski definition) is 3. The SMILES string of the molecule is O=C1c2ccccc2[Te]=C2C=c3c(oc4c(-n5c6ccccc6c6ccccc65)cccc4c3=O)=CC12. The fourth-order valence-electron chi connectivity index (χ4n) is 5.67. The number of nitrogens with zero attached hydrogens (tertiary/aromatic N) is 1. The Morgan fingerprint density at radius 1 is 0.730 bits per heavy atom. The molecule has 4 aromatic carbocycles. The number of Topliss-reactive ketones (excluding diaryl/α,β-unsaturated/α-hetero) is 1. The minimum atomic E-state index is -0.744. The van der Waals surface area contributed by atoms with Crippen LogP contribution in [0.25, 0.3) is 50.6 Å². The molecule has 1 aliphatic heterocycles. The molecule has 37 heavy (non-hydrogen) atoms. The van der Waals surface area contributed by atoms with Crippen molar-refractivity contribution in [3.8, 4) is 5.69 Å². The molecule has 6 aromatic rings. The summed E-state index contributed by atoms with van der Waals surface area (Å²) in [5.41, 5.74) is 4.68. The fourth-order valence-corrected chi connectivity index (χ4v) is 8.97. The number of carbonyl (C=O) groups is 1. The number of rotatable bonds is 1. The first-order chi connectivity index (χ1) is 18.2. The summed E-state index contributed by atoms with van der Waals surface area (Å²) in [6.45, 7) is 0. The number of aromatic nitrogens is 1. The second-order valence-electron chi connectivity index (χ2n) is 9.39. The normalized spacial score (nSPS) is 16.1. The number of para-hydroxylation sites is 3. The van der Waals surface area contributed by atoms with E-state index in [9.17, 15) is 9.59 Å². The summed E-state index contributed by atoms with van der Waals surface area (Å²) < 4.78 is 10.9. The number of hydrogen-bond donors (Lipinski definition) is 0. The molecule has 0 bridgehead atoms. The second kappa shape index (κ2) is 7.73. The van der Waals surface area contributed by atoms with E-state index in [0.717, 1.165) is 40.2 Å². The molecular weight excluding hydrogens is 574 g/mol. The average Bonchev–Trinajstić information content (AvgIpc) is 3.27. The van der Waals surface area contributed by atoms with E-state index in [4.69, 9.17) is 4.42 Å². The maximum atomic E-state index is 13.8. The molecule has 3 heterocycles. The Labute approximate surface area is 220 Å². The van der Waals surface area contributed by atoms with Crippen LogP contribution in [0.4, 0.5) is 0 Å². The quantitative estimate of drug-likeness (QED) is 0.275. The van der Waals surface area contributed by atoms with Crippen LogP contribution in [0.3, 0.4) is 0 Å². The molecule has 175 valence electrons. The summed E-state index contributed by atoms with van der Waals surface area (Å²) in [7, 11) is 0. The summed E-state index contributed by atoms with van der Waals surface area (Å²) in [4.78, 5) is 27.2. The number of ketones is 1. The molecule has 1 atom stereocenters. The summed E-state index contributed by atoms with van der Waals surface area (Å²) in [5, 5.41) is 3.39. The summed E-state index contributed by atoms with van der Waals surface area (Å²) in [6, 6.07) is 30.2. The third-order valence-electron chi connectivity index (χ3n) is 7.36. The van der Waals surface area contributed by atoms with Gasteiger partial charge in [0.2, 0.25) is 0 Å². The Hall–Kier alpha value is -4.04. The van der Waals surface area contributed by atoms with Crippen molar-refractivity contribution in [2.24, 2.45) is 5.92 Å². The van der Waals surface area contributed by atoms with Gasteiger partial charge in [0, 0.05) is 0 Å². The van der Waals surface area contributed by atoms with Gasteiger partial charge >= 0.3 is 221 Å². The molecule has 4 nitrogen and oxygen atoms in total. The van der Waals surface area contributed by atoms with Crippen molar-refractivity contribution in [2.45, 2.75) is 0 Å². The number of carbonyl (C=O) groups excluding carboxylic acids is 1. The predicted molar refractivity (Wildman–Crippen MR) is 150 cm³/mol. The Bertz CT molecular complexity index is 2150. The van der Waals surface area contributed by atoms with Crippen LogP contribution < -0.4 is 19.7 Å². The molecule has 2 aliphatic rings. The summed E-state index contributed by atoms with van der Waals surface area (Å²) in [6.07, 6.45) is 3.81. The first kappa shape index (κ1) is 21.1. The minimum absolute atomic E-state index is 0.0557. The molecule has 5 heteroatoms. The molecule has 0 fully saturated rings. The molecule has 0 saturated heterocycles. The van der Waals surface area contributed by atoms with Crippen molar-refractivity contribution in [1.29, 1.82) is 0 Å². The van der Waals surface area contributed by atoms with Crippen molar-refractivity contribution in [1.82, 2.24) is 4.57 Å². The molecule has 0 amide bonds. The van der Waals surface area contributed by atoms with E-state index in [1.165, 1.54) is 0 Å². The molecule has 1 aliphatic carbocycles. The van der Waals surface area contributed by atoms with E-state index in [1.54, 1.807) is 0 Å². The van der Waals surface area contributed by atoms with Gasteiger partial charge in [-0.05, 0) is 0 Å². The monoisotopic (exact) mass is 594 g/mol. The van der Waals surface area contributed by atoms with Gasteiger partial charge in [0.25, 0.3) is 0 Å². The number of fused-ring (bicyclic) bond motifs is 7. The van der Waals surface area contributed by atoms with Crippen molar-refractivity contribution in [3.63, 3.8) is 0 Å². The predicted octanol–water partition coefficient (Wildman–Crippen LogP) is 3.48. The van der Waals surface area contributed by atoms with Gasteiger partial charge in [-0.3, -0.25) is 0 Å². The maximum absolute atomic E-state index is 13.8. The van der Waals surface area contributed by atoms with Crippen LogP contribution in [0.2, 0.25) is 0 Å². The van der Waals surface area contributed by atoms with Crippen molar-refractivity contribution in [3.05, 3.63) is 117 Å². The van der Waals surface area contributed by atoms with Crippen LogP contribution in [0, 0.1) is 5.92 Å². The van der Waals surface area contributed by atoms with Crippen molar-refractivity contribution >= 4 is 78.3 Å². The Balaban J connectivity index is 1.46. The van der Waals surface area contributed by atoms with E-state index in [2.05, 4.69) is 28.8 Å². The molecule has 2 aromatic heterocycles. The van der Waals surface area contributed by atoms with Crippen molar-refractivity contribution in [2.75, 3.05) is 0 Å². The van der Waals surface area contributed by atoms with Gasteiger partial charge in [-0.15, -0.1) is 0 Å². The molecule has 0 saturated carbocycles. The van der Waals surface area contributed by atoms with Gasteiger partial charge in [0.05, 0.1) is 0 Å². The third kappa shape index (κ3) is 2.93. The van der Waals surface area contributed by atoms with Crippen LogP contribution in [0.1, 0.15) is 10.4 Å². The van der Waals surface area contributed by atoms with E-state index in [0.29, 0.717) is 21.6 Å². The molecular formula is C32H18NO3Te. The Morgan fingerprint density at radius 2 is 1.41 bits per heavy atom. The second-order valence-corrected chi connectivity index (χ2v) is 12.6. The molecule has 1 radical (unpaired) electrons. The van der Waals surface area contributed by atoms with E-state index in [-0.39, 0.29) is 17.1 Å². The Kier molecular flexibility index (Phi) is 4.40. The first-order valence-electron chi connectivity index (χ1n) is 12.1. The number of benzene rings is 4. The van der Waals surface area contributed by atoms with E-state index < -0.39 is 20.5 Å².